The van der Waals surface area contributed by atoms with Crippen LogP contribution in [0.5, 0.6) is 0 Å². The van der Waals surface area contributed by atoms with E-state index >= 15 is 0 Å². The molecule has 0 spiro atoms. The van der Waals surface area contributed by atoms with Crippen LogP contribution < -0.4 is 10.6 Å². The van der Waals surface area contributed by atoms with Crippen LogP contribution in [0.25, 0.3) is 0 Å². The van der Waals surface area contributed by atoms with Crippen LogP contribution in [0.2, 0.25) is 0 Å². The van der Waals surface area contributed by atoms with E-state index in [1.54, 1.807) is 11.8 Å². The number of amides is 2. The molecule has 0 aromatic rings. The van der Waals surface area contributed by atoms with E-state index in [-0.39, 0.29) is 17.8 Å². The zero-order valence-electron chi connectivity index (χ0n) is 11.9. The third-order valence-corrected chi connectivity index (χ3v) is 5.21. The predicted octanol–water partition coefficient (Wildman–Crippen LogP) is 1.19. The van der Waals surface area contributed by atoms with Gasteiger partial charge in [0.25, 0.3) is 0 Å². The maximum absolute atomic E-state index is 11.8. The number of aliphatic hydroxyl groups is 1. The van der Waals surface area contributed by atoms with Gasteiger partial charge in [0.2, 0.25) is 0 Å². The molecule has 0 radical (unpaired) electrons. The third-order valence-electron chi connectivity index (χ3n) is 3.79. The number of urea groups is 1. The fourth-order valence-corrected chi connectivity index (χ4v) is 3.40. The minimum Gasteiger partial charge on any atom is -0.480 e. The van der Waals surface area contributed by atoms with Crippen LogP contribution in [-0.4, -0.2) is 52.4 Å². The van der Waals surface area contributed by atoms with Crippen molar-refractivity contribution in [3.05, 3.63) is 0 Å². The van der Waals surface area contributed by atoms with E-state index in [1.165, 1.54) is 19.3 Å². The lowest BCUT2D eigenvalue weighted by Gasteiger charge is -2.35. The molecular formula is C13H24N2O4S. The van der Waals surface area contributed by atoms with Gasteiger partial charge >= 0.3 is 12.0 Å². The summed E-state index contributed by atoms with van der Waals surface area (Å²) < 4.78 is 0.0747. The number of carbonyl (C=O) groups is 2. The van der Waals surface area contributed by atoms with Gasteiger partial charge in [-0.2, -0.15) is 11.8 Å². The van der Waals surface area contributed by atoms with Gasteiger partial charge in [0, 0.05) is 24.3 Å². The van der Waals surface area contributed by atoms with Crippen LogP contribution in [0.15, 0.2) is 0 Å². The Morgan fingerprint density at radius 2 is 1.95 bits per heavy atom. The number of hydrogen-bond acceptors (Lipinski definition) is 4. The van der Waals surface area contributed by atoms with Crippen LogP contribution in [-0.2, 0) is 4.79 Å². The highest BCUT2D eigenvalue weighted by Crippen LogP contribution is 2.37. The number of aliphatic hydroxyl groups excluding tert-OH is 1. The van der Waals surface area contributed by atoms with Gasteiger partial charge in [-0.25, -0.2) is 9.59 Å². The number of hydrogen-bond donors (Lipinski definition) is 4. The average molecular weight is 304 g/mol. The lowest BCUT2D eigenvalue weighted by Crippen LogP contribution is -2.50. The molecule has 0 aliphatic heterocycles. The van der Waals surface area contributed by atoms with Gasteiger partial charge in [-0.3, -0.25) is 0 Å². The first-order valence-corrected chi connectivity index (χ1v) is 8.19. The molecule has 1 unspecified atom stereocenters. The van der Waals surface area contributed by atoms with Crippen LogP contribution >= 0.6 is 11.8 Å². The standard InChI is InChI=1S/C13H24N2O4S/c1-20-13(6-3-2-4-7-13)9-14-12(19)15-10(5-8-16)11(17)18/h10,16H,2-9H2,1H3,(H,17,18)(H2,14,15,19). The summed E-state index contributed by atoms with van der Waals surface area (Å²) in [6, 6.07) is -1.53. The van der Waals surface area contributed by atoms with Gasteiger partial charge in [-0.1, -0.05) is 19.3 Å². The minimum absolute atomic E-state index is 0.0103. The van der Waals surface area contributed by atoms with Crippen LogP contribution in [0, 0.1) is 0 Å². The molecule has 20 heavy (non-hydrogen) atoms. The Balaban J connectivity index is 2.43. The molecule has 1 aliphatic rings. The molecule has 1 aliphatic carbocycles. The molecule has 1 fully saturated rings. The molecule has 2 amide bonds. The molecule has 6 nitrogen and oxygen atoms in total. The second-order valence-corrected chi connectivity index (χ2v) is 6.45. The molecular weight excluding hydrogens is 280 g/mol. The Bertz CT molecular complexity index is 332. The normalized spacial score (nSPS) is 19.1. The van der Waals surface area contributed by atoms with E-state index in [0.29, 0.717) is 6.54 Å². The van der Waals surface area contributed by atoms with Gasteiger partial charge in [-0.05, 0) is 19.1 Å². The summed E-state index contributed by atoms with van der Waals surface area (Å²) in [5, 5.41) is 22.8. The molecule has 0 heterocycles. The van der Waals surface area contributed by atoms with Gasteiger partial charge in [-0.15, -0.1) is 0 Å². The summed E-state index contributed by atoms with van der Waals surface area (Å²) in [5.74, 6) is -1.13. The van der Waals surface area contributed by atoms with Gasteiger partial charge in [0.1, 0.15) is 6.04 Å². The SMILES string of the molecule is CSC1(CNC(=O)NC(CCO)C(=O)O)CCCCC1. The molecule has 0 saturated heterocycles. The number of nitrogens with one attached hydrogen (secondary N) is 2. The number of carbonyl (C=O) groups excluding carboxylic acids is 1. The molecule has 0 bridgehead atoms. The van der Waals surface area contributed by atoms with E-state index in [0.717, 1.165) is 12.8 Å². The molecule has 7 heteroatoms. The summed E-state index contributed by atoms with van der Waals surface area (Å²) in [6.45, 7) is 0.275. The monoisotopic (exact) mass is 304 g/mol. The largest absolute Gasteiger partial charge is 0.480 e. The van der Waals surface area contributed by atoms with Crippen LogP contribution in [0.3, 0.4) is 0 Å². The Morgan fingerprint density at radius 1 is 1.30 bits per heavy atom. The van der Waals surface area contributed by atoms with E-state index in [1.807, 2.05) is 0 Å². The number of aliphatic carboxylic acids is 1. The van der Waals surface area contributed by atoms with Crippen molar-refractivity contribution in [1.82, 2.24) is 10.6 Å². The van der Waals surface area contributed by atoms with Crippen molar-refractivity contribution in [3.8, 4) is 0 Å². The van der Waals surface area contributed by atoms with Crippen molar-refractivity contribution in [3.63, 3.8) is 0 Å². The summed E-state index contributed by atoms with van der Waals surface area (Å²) in [5.41, 5.74) is 0. The second kappa shape index (κ2) is 8.36. The highest BCUT2D eigenvalue weighted by Gasteiger charge is 2.31. The number of carboxylic acid groups (broad SMARTS) is 1. The van der Waals surface area contributed by atoms with Gasteiger partial charge in [0.15, 0.2) is 0 Å². The number of carboxylic acids is 1. The summed E-state index contributed by atoms with van der Waals surface area (Å²) in [7, 11) is 0. The maximum Gasteiger partial charge on any atom is 0.326 e. The van der Waals surface area contributed by atoms with Crippen molar-refractivity contribution in [1.29, 1.82) is 0 Å². The van der Waals surface area contributed by atoms with Crippen LogP contribution in [0.1, 0.15) is 38.5 Å². The number of thioether (sulfide) groups is 1. The zero-order chi connectivity index (χ0) is 15.0. The Hall–Kier alpha value is -0.950. The first-order chi connectivity index (χ1) is 9.53. The first-order valence-electron chi connectivity index (χ1n) is 6.96. The zero-order valence-corrected chi connectivity index (χ0v) is 12.7. The molecule has 116 valence electrons. The Morgan fingerprint density at radius 3 is 2.45 bits per heavy atom. The van der Waals surface area contributed by atoms with Crippen molar-refractivity contribution >= 4 is 23.8 Å². The van der Waals surface area contributed by atoms with Crippen molar-refractivity contribution < 1.29 is 19.8 Å². The molecule has 1 rings (SSSR count). The number of rotatable bonds is 7. The molecule has 0 aromatic heterocycles. The average Bonchev–Trinajstić information content (AvgIpc) is 2.45. The van der Waals surface area contributed by atoms with Crippen molar-refractivity contribution in [2.75, 3.05) is 19.4 Å². The second-order valence-electron chi connectivity index (χ2n) is 5.18. The van der Waals surface area contributed by atoms with E-state index in [9.17, 15) is 9.59 Å². The summed E-state index contributed by atoms with van der Waals surface area (Å²) >= 11 is 1.77. The lowest BCUT2D eigenvalue weighted by atomic mass is 9.88. The van der Waals surface area contributed by atoms with Gasteiger partial charge in [0.05, 0.1) is 0 Å². The smallest absolute Gasteiger partial charge is 0.326 e. The predicted molar refractivity (Wildman–Crippen MR) is 79.0 cm³/mol. The fourth-order valence-electron chi connectivity index (χ4n) is 2.49. The Labute approximate surface area is 123 Å². The van der Waals surface area contributed by atoms with E-state index in [4.69, 9.17) is 10.2 Å². The maximum atomic E-state index is 11.8. The highest BCUT2D eigenvalue weighted by atomic mass is 32.2. The van der Waals surface area contributed by atoms with E-state index in [2.05, 4.69) is 16.9 Å². The highest BCUT2D eigenvalue weighted by molar-refractivity contribution is 8.00. The van der Waals surface area contributed by atoms with Crippen LogP contribution in [0.4, 0.5) is 4.79 Å². The Kier molecular flexibility index (Phi) is 7.15. The molecule has 1 atom stereocenters. The third kappa shape index (κ3) is 5.20. The van der Waals surface area contributed by atoms with Crippen molar-refractivity contribution in [2.24, 2.45) is 0 Å². The fraction of sp³-hybridized carbons (Fsp3) is 0.846. The quantitative estimate of drug-likeness (QED) is 0.566. The summed E-state index contributed by atoms with van der Waals surface area (Å²) in [6.07, 6.45) is 7.80. The first kappa shape index (κ1) is 17.1. The molecule has 0 aromatic carbocycles. The minimum atomic E-state index is -1.13. The molecule has 4 N–H and O–H groups in total. The topological polar surface area (TPSA) is 98.7 Å². The summed E-state index contributed by atoms with van der Waals surface area (Å²) in [4.78, 5) is 22.6. The van der Waals surface area contributed by atoms with E-state index < -0.39 is 18.0 Å². The molecule has 1 saturated carbocycles. The van der Waals surface area contributed by atoms with Gasteiger partial charge < -0.3 is 20.8 Å². The lowest BCUT2D eigenvalue weighted by molar-refractivity contribution is -0.139. The van der Waals surface area contributed by atoms with Crippen molar-refractivity contribution in [2.45, 2.75) is 49.3 Å².